The van der Waals surface area contributed by atoms with E-state index in [1.54, 1.807) is 6.07 Å². The van der Waals surface area contributed by atoms with E-state index in [-0.39, 0.29) is 5.82 Å². The van der Waals surface area contributed by atoms with Crippen LogP contribution in [-0.4, -0.2) is 18.0 Å². The smallest absolute Gasteiger partial charge is 0.127 e. The summed E-state index contributed by atoms with van der Waals surface area (Å²) in [5, 5.41) is 0. The van der Waals surface area contributed by atoms with Gasteiger partial charge in [-0.05, 0) is 32.5 Å². The molecule has 15 heavy (non-hydrogen) atoms. The quantitative estimate of drug-likeness (QED) is 0.825. The van der Waals surface area contributed by atoms with Crippen molar-refractivity contribution in [2.75, 3.05) is 7.05 Å². The van der Waals surface area contributed by atoms with E-state index < -0.39 is 0 Å². The Bertz CT molecular complexity index is 323. The van der Waals surface area contributed by atoms with Crippen LogP contribution in [0.1, 0.15) is 25.0 Å². The molecule has 0 unspecified atom stereocenters. The number of nitrogens with two attached hydrogens (primary N) is 1. The van der Waals surface area contributed by atoms with Crippen molar-refractivity contribution >= 4 is 0 Å². The molecule has 1 aromatic carbocycles. The summed E-state index contributed by atoms with van der Waals surface area (Å²) in [5.74, 6) is -0.153. The van der Waals surface area contributed by atoms with Crippen molar-refractivity contribution in [1.29, 1.82) is 0 Å². The Morgan fingerprint density at radius 3 is 2.60 bits per heavy atom. The standard InChI is InChI=1S/C12H19FN2/c1-9(2)15(3)8-11-6-10(7-14)4-5-12(11)13/h4-6,9H,7-8,14H2,1-3H3. The Morgan fingerprint density at radius 2 is 2.07 bits per heavy atom. The van der Waals surface area contributed by atoms with Gasteiger partial charge in [-0.2, -0.15) is 0 Å². The molecule has 2 nitrogen and oxygen atoms in total. The highest BCUT2D eigenvalue weighted by Crippen LogP contribution is 2.13. The van der Waals surface area contributed by atoms with E-state index in [0.717, 1.165) is 5.56 Å². The van der Waals surface area contributed by atoms with Crippen LogP contribution in [0.2, 0.25) is 0 Å². The zero-order chi connectivity index (χ0) is 11.4. The fourth-order valence-corrected chi connectivity index (χ4v) is 1.33. The van der Waals surface area contributed by atoms with Gasteiger partial charge in [-0.3, -0.25) is 4.90 Å². The third kappa shape index (κ3) is 3.29. The Kier molecular flexibility index (Phi) is 4.24. The molecule has 1 rings (SSSR count). The second kappa shape index (κ2) is 5.24. The fourth-order valence-electron chi connectivity index (χ4n) is 1.33. The number of hydrogen-bond acceptors (Lipinski definition) is 2. The molecule has 0 bridgehead atoms. The van der Waals surface area contributed by atoms with E-state index in [1.165, 1.54) is 6.07 Å². The van der Waals surface area contributed by atoms with Crippen molar-refractivity contribution in [2.24, 2.45) is 5.73 Å². The topological polar surface area (TPSA) is 29.3 Å². The summed E-state index contributed by atoms with van der Waals surface area (Å²) in [6.07, 6.45) is 0. The predicted molar refractivity (Wildman–Crippen MR) is 60.9 cm³/mol. The summed E-state index contributed by atoms with van der Waals surface area (Å²) in [6, 6.07) is 5.47. The van der Waals surface area contributed by atoms with Crippen molar-refractivity contribution in [3.63, 3.8) is 0 Å². The van der Waals surface area contributed by atoms with Crippen LogP contribution in [0.3, 0.4) is 0 Å². The van der Waals surface area contributed by atoms with E-state index in [1.807, 2.05) is 13.1 Å². The second-order valence-electron chi connectivity index (χ2n) is 4.14. The Hall–Kier alpha value is -0.930. The molecule has 0 fully saturated rings. The number of benzene rings is 1. The fraction of sp³-hybridized carbons (Fsp3) is 0.500. The van der Waals surface area contributed by atoms with Crippen LogP contribution in [0.4, 0.5) is 4.39 Å². The lowest BCUT2D eigenvalue weighted by Gasteiger charge is -2.21. The lowest BCUT2D eigenvalue weighted by Crippen LogP contribution is -2.26. The maximum Gasteiger partial charge on any atom is 0.127 e. The van der Waals surface area contributed by atoms with Gasteiger partial charge in [-0.25, -0.2) is 4.39 Å². The summed E-state index contributed by atoms with van der Waals surface area (Å²) in [7, 11) is 1.99. The molecule has 0 saturated carbocycles. The maximum atomic E-state index is 13.5. The molecule has 0 atom stereocenters. The Labute approximate surface area is 90.9 Å². The Balaban J connectivity index is 2.83. The average molecular weight is 210 g/mol. The van der Waals surface area contributed by atoms with Gasteiger partial charge in [0.1, 0.15) is 5.82 Å². The highest BCUT2D eigenvalue weighted by Gasteiger charge is 2.08. The van der Waals surface area contributed by atoms with Gasteiger partial charge in [0, 0.05) is 24.7 Å². The zero-order valence-corrected chi connectivity index (χ0v) is 9.63. The molecule has 0 aliphatic carbocycles. The van der Waals surface area contributed by atoms with Crippen molar-refractivity contribution < 1.29 is 4.39 Å². The molecule has 2 N–H and O–H groups in total. The molecule has 0 aromatic heterocycles. The minimum atomic E-state index is -0.153. The van der Waals surface area contributed by atoms with Gasteiger partial charge in [0.15, 0.2) is 0 Å². The van der Waals surface area contributed by atoms with Crippen LogP contribution >= 0.6 is 0 Å². The minimum Gasteiger partial charge on any atom is -0.326 e. The normalized spacial score (nSPS) is 11.4. The molecular formula is C12H19FN2. The molecule has 1 aromatic rings. The summed E-state index contributed by atoms with van der Waals surface area (Å²) in [4.78, 5) is 2.10. The van der Waals surface area contributed by atoms with Gasteiger partial charge in [-0.1, -0.05) is 12.1 Å². The van der Waals surface area contributed by atoms with E-state index in [9.17, 15) is 4.39 Å². The minimum absolute atomic E-state index is 0.153. The first kappa shape index (κ1) is 12.1. The van der Waals surface area contributed by atoms with E-state index in [2.05, 4.69) is 18.7 Å². The number of halogens is 1. The van der Waals surface area contributed by atoms with Crippen molar-refractivity contribution in [3.8, 4) is 0 Å². The van der Waals surface area contributed by atoms with Gasteiger partial charge in [-0.15, -0.1) is 0 Å². The molecule has 0 aliphatic rings. The second-order valence-corrected chi connectivity index (χ2v) is 4.14. The SMILES string of the molecule is CC(C)N(C)Cc1cc(CN)ccc1F. The van der Waals surface area contributed by atoms with E-state index in [4.69, 9.17) is 5.73 Å². The first-order valence-electron chi connectivity index (χ1n) is 5.22. The Morgan fingerprint density at radius 1 is 1.40 bits per heavy atom. The van der Waals surface area contributed by atoms with Crippen molar-refractivity contribution in [1.82, 2.24) is 4.90 Å². The lowest BCUT2D eigenvalue weighted by molar-refractivity contribution is 0.262. The molecular weight excluding hydrogens is 191 g/mol. The van der Waals surface area contributed by atoms with E-state index in [0.29, 0.717) is 24.7 Å². The van der Waals surface area contributed by atoms with Crippen LogP contribution in [0, 0.1) is 5.82 Å². The highest BCUT2D eigenvalue weighted by atomic mass is 19.1. The van der Waals surface area contributed by atoms with Crippen LogP contribution in [-0.2, 0) is 13.1 Å². The van der Waals surface area contributed by atoms with Gasteiger partial charge in [0.05, 0.1) is 0 Å². The lowest BCUT2D eigenvalue weighted by atomic mass is 10.1. The average Bonchev–Trinajstić information content (AvgIpc) is 2.21. The van der Waals surface area contributed by atoms with Gasteiger partial charge >= 0.3 is 0 Å². The third-order valence-electron chi connectivity index (χ3n) is 2.65. The predicted octanol–water partition coefficient (Wildman–Crippen LogP) is 2.12. The van der Waals surface area contributed by atoms with Crippen molar-refractivity contribution in [2.45, 2.75) is 33.0 Å². The summed E-state index contributed by atoms with van der Waals surface area (Å²) in [5.41, 5.74) is 7.22. The van der Waals surface area contributed by atoms with Crippen LogP contribution in [0.5, 0.6) is 0 Å². The van der Waals surface area contributed by atoms with Gasteiger partial charge in [0.25, 0.3) is 0 Å². The van der Waals surface area contributed by atoms with E-state index >= 15 is 0 Å². The molecule has 0 heterocycles. The monoisotopic (exact) mass is 210 g/mol. The number of hydrogen-bond donors (Lipinski definition) is 1. The molecule has 0 spiro atoms. The largest absolute Gasteiger partial charge is 0.326 e. The van der Waals surface area contributed by atoms with Crippen LogP contribution in [0.25, 0.3) is 0 Å². The highest BCUT2D eigenvalue weighted by molar-refractivity contribution is 5.25. The molecule has 3 heteroatoms. The van der Waals surface area contributed by atoms with Crippen LogP contribution < -0.4 is 5.73 Å². The third-order valence-corrected chi connectivity index (χ3v) is 2.65. The molecule has 0 saturated heterocycles. The summed E-state index contributed by atoms with van der Waals surface area (Å²) in [6.45, 7) is 5.26. The number of rotatable bonds is 4. The molecule has 84 valence electrons. The maximum absolute atomic E-state index is 13.5. The van der Waals surface area contributed by atoms with Gasteiger partial charge < -0.3 is 5.73 Å². The molecule has 0 amide bonds. The van der Waals surface area contributed by atoms with Gasteiger partial charge in [0.2, 0.25) is 0 Å². The number of nitrogens with zero attached hydrogens (tertiary/aromatic N) is 1. The first-order chi connectivity index (χ1) is 7.04. The van der Waals surface area contributed by atoms with Crippen LogP contribution in [0.15, 0.2) is 18.2 Å². The first-order valence-corrected chi connectivity index (χ1v) is 5.22. The summed E-state index contributed by atoms with van der Waals surface area (Å²) < 4.78 is 13.5. The zero-order valence-electron chi connectivity index (χ0n) is 9.63. The summed E-state index contributed by atoms with van der Waals surface area (Å²) >= 11 is 0. The van der Waals surface area contributed by atoms with Crippen molar-refractivity contribution in [3.05, 3.63) is 35.1 Å². The molecule has 0 radical (unpaired) electrons. The molecule has 0 aliphatic heterocycles.